The molecule has 8 rings (SSSR count). The lowest BCUT2D eigenvalue weighted by Crippen LogP contribution is -2.26. The van der Waals surface area contributed by atoms with Crippen LogP contribution in [0.3, 0.4) is 0 Å². The molecule has 0 fully saturated rings. The Hall–Kier alpha value is -4.23. The second kappa shape index (κ2) is 8.63. The highest BCUT2D eigenvalue weighted by molar-refractivity contribution is 5.84. The fourth-order valence-electron chi connectivity index (χ4n) is 7.12. The minimum Gasteiger partial charge on any atom is -0.256 e. The molecule has 1 heteroatoms. The number of hydrogen-bond acceptors (Lipinski definition) is 1. The number of allylic oxidation sites excluding steroid dienone is 7. The quantitative estimate of drug-likeness (QED) is 0.259. The van der Waals surface area contributed by atoms with Gasteiger partial charge in [-0.25, -0.2) is 0 Å². The van der Waals surface area contributed by atoms with Crippen molar-refractivity contribution in [3.8, 4) is 11.1 Å². The van der Waals surface area contributed by atoms with Crippen LogP contribution in [-0.2, 0) is 11.8 Å². The fourth-order valence-corrected chi connectivity index (χ4v) is 7.12. The van der Waals surface area contributed by atoms with Crippen molar-refractivity contribution in [2.45, 2.75) is 44.9 Å². The monoisotopic (exact) mass is 515 g/mol. The number of rotatable bonds is 2. The average Bonchev–Trinajstić information content (AvgIpc) is 2.98. The maximum absolute atomic E-state index is 4.69. The Labute approximate surface area is 237 Å². The van der Waals surface area contributed by atoms with Crippen LogP contribution in [0.25, 0.3) is 40.3 Å². The van der Waals surface area contributed by atoms with E-state index in [4.69, 9.17) is 4.98 Å². The zero-order valence-corrected chi connectivity index (χ0v) is 23.4. The van der Waals surface area contributed by atoms with E-state index in [-0.39, 0.29) is 5.41 Å². The lowest BCUT2D eigenvalue weighted by Gasteiger charge is -2.40. The zero-order valence-electron chi connectivity index (χ0n) is 23.4. The number of fused-ring (bicyclic) bond motifs is 2. The number of aryl methyl sites for hydroxylation is 1. The van der Waals surface area contributed by atoms with Crippen molar-refractivity contribution in [1.82, 2.24) is 4.98 Å². The predicted octanol–water partition coefficient (Wildman–Crippen LogP) is 9.85. The first-order chi connectivity index (χ1) is 19.4. The van der Waals surface area contributed by atoms with Crippen molar-refractivity contribution in [2.75, 3.05) is 0 Å². The van der Waals surface area contributed by atoms with E-state index in [1.165, 1.54) is 66.6 Å². The first-order valence-corrected chi connectivity index (χ1v) is 14.6. The molecule has 0 amide bonds. The molecule has 0 saturated carbocycles. The molecule has 2 atom stereocenters. The topological polar surface area (TPSA) is 12.9 Å². The van der Waals surface area contributed by atoms with E-state index in [1.807, 2.05) is 12.3 Å². The molecule has 0 bridgehead atoms. The van der Waals surface area contributed by atoms with Gasteiger partial charge in [-0.3, -0.25) is 4.98 Å². The number of aromatic nitrogens is 1. The molecule has 0 aliphatic heterocycles. The summed E-state index contributed by atoms with van der Waals surface area (Å²) in [6, 6.07) is 22.4. The lowest BCUT2D eigenvalue weighted by molar-refractivity contribution is 0.586. The van der Waals surface area contributed by atoms with Crippen LogP contribution < -0.4 is 0 Å². The van der Waals surface area contributed by atoms with Crippen LogP contribution >= 0.6 is 0 Å². The van der Waals surface area contributed by atoms with E-state index in [2.05, 4.69) is 118 Å². The van der Waals surface area contributed by atoms with Gasteiger partial charge in [0.1, 0.15) is 0 Å². The number of para-hydroxylation sites is 1. The Morgan fingerprint density at radius 1 is 0.775 bits per heavy atom. The molecule has 4 aromatic rings. The van der Waals surface area contributed by atoms with Crippen molar-refractivity contribution in [1.29, 1.82) is 0 Å². The molecule has 1 heterocycles. The fraction of sp³-hybridized carbons (Fsp3) is 0.205. The molecule has 4 aliphatic carbocycles. The summed E-state index contributed by atoms with van der Waals surface area (Å²) in [5, 5.41) is 1.19. The molecule has 0 N–H and O–H groups in total. The summed E-state index contributed by atoms with van der Waals surface area (Å²) in [5.74, 6) is 0.812. The molecule has 1 aromatic heterocycles. The minimum absolute atomic E-state index is 0.142. The third kappa shape index (κ3) is 3.72. The van der Waals surface area contributed by atoms with Crippen LogP contribution in [0, 0.1) is 5.92 Å². The summed E-state index contributed by atoms with van der Waals surface area (Å²) < 4.78 is 0. The Kier molecular flexibility index (Phi) is 5.10. The number of benzene rings is 3. The maximum atomic E-state index is 4.69. The van der Waals surface area contributed by atoms with Gasteiger partial charge in [-0.2, -0.15) is 0 Å². The zero-order chi connectivity index (χ0) is 27.0. The molecular formula is C39H33N. The van der Waals surface area contributed by atoms with E-state index >= 15 is 0 Å². The Bertz CT molecular complexity index is 1880. The van der Waals surface area contributed by atoms with E-state index in [9.17, 15) is 0 Å². The summed E-state index contributed by atoms with van der Waals surface area (Å²) >= 11 is 0. The number of nitrogens with zero attached hydrogens (tertiary/aromatic N) is 1. The van der Waals surface area contributed by atoms with Crippen LogP contribution in [0.15, 0.2) is 108 Å². The van der Waals surface area contributed by atoms with Gasteiger partial charge in [0, 0.05) is 29.0 Å². The van der Waals surface area contributed by atoms with Crippen molar-refractivity contribution in [2.24, 2.45) is 5.92 Å². The van der Waals surface area contributed by atoms with Crippen LogP contribution in [0.1, 0.15) is 66.5 Å². The van der Waals surface area contributed by atoms with Gasteiger partial charge >= 0.3 is 0 Å². The minimum atomic E-state index is 0.142. The number of hydrogen-bond donors (Lipinski definition) is 0. The summed E-state index contributed by atoms with van der Waals surface area (Å²) in [7, 11) is 0. The van der Waals surface area contributed by atoms with Crippen LogP contribution in [0.5, 0.6) is 0 Å². The Morgan fingerprint density at radius 3 is 2.50 bits per heavy atom. The first kappa shape index (κ1) is 23.6. The van der Waals surface area contributed by atoms with Gasteiger partial charge in [-0.15, -0.1) is 0 Å². The molecule has 1 nitrogen and oxygen atoms in total. The van der Waals surface area contributed by atoms with Crippen molar-refractivity contribution < 1.29 is 0 Å². The normalized spacial score (nSPS) is 20.4. The molecule has 3 aromatic carbocycles. The van der Waals surface area contributed by atoms with Gasteiger partial charge in [0.05, 0.1) is 5.52 Å². The SMILES string of the molecule is CC(C)(C)c1cc2c3c(c1)C=CC1C(C4=Cc5ccc(-c6cnc7ccccc7c6)cc5CC4)=CC=C(C=C2)C31. The van der Waals surface area contributed by atoms with Crippen molar-refractivity contribution >= 4 is 29.1 Å². The van der Waals surface area contributed by atoms with Gasteiger partial charge in [0.15, 0.2) is 0 Å². The molecule has 2 unspecified atom stereocenters. The maximum Gasteiger partial charge on any atom is 0.0702 e. The second-order valence-corrected chi connectivity index (χ2v) is 12.8. The molecule has 0 spiro atoms. The van der Waals surface area contributed by atoms with Crippen LogP contribution in [0.2, 0.25) is 0 Å². The summed E-state index contributed by atoms with van der Waals surface area (Å²) in [5.41, 5.74) is 16.6. The highest BCUT2D eigenvalue weighted by Crippen LogP contribution is 2.52. The van der Waals surface area contributed by atoms with Crippen molar-refractivity contribution in [3.05, 3.63) is 141 Å². The largest absolute Gasteiger partial charge is 0.256 e. The summed E-state index contributed by atoms with van der Waals surface area (Å²) in [6.07, 6.45) is 21.0. The summed E-state index contributed by atoms with van der Waals surface area (Å²) in [6.45, 7) is 6.93. The van der Waals surface area contributed by atoms with E-state index in [0.29, 0.717) is 11.8 Å². The lowest BCUT2D eigenvalue weighted by atomic mass is 9.64. The van der Waals surface area contributed by atoms with Gasteiger partial charge in [0.2, 0.25) is 0 Å². The molecule has 40 heavy (non-hydrogen) atoms. The first-order valence-electron chi connectivity index (χ1n) is 14.6. The highest BCUT2D eigenvalue weighted by Gasteiger charge is 2.37. The van der Waals surface area contributed by atoms with E-state index < -0.39 is 0 Å². The molecule has 4 aliphatic rings. The number of pyridine rings is 1. The third-order valence-corrected chi connectivity index (χ3v) is 9.32. The van der Waals surface area contributed by atoms with Crippen LogP contribution in [0.4, 0.5) is 0 Å². The molecular weight excluding hydrogens is 482 g/mol. The third-order valence-electron chi connectivity index (χ3n) is 9.32. The van der Waals surface area contributed by atoms with Crippen LogP contribution in [-0.4, -0.2) is 4.98 Å². The van der Waals surface area contributed by atoms with E-state index in [1.54, 1.807) is 0 Å². The van der Waals surface area contributed by atoms with Gasteiger partial charge < -0.3 is 0 Å². The summed E-state index contributed by atoms with van der Waals surface area (Å²) in [4.78, 5) is 4.69. The Morgan fingerprint density at radius 2 is 1.62 bits per heavy atom. The van der Waals surface area contributed by atoms with Gasteiger partial charge in [-0.05, 0) is 86.1 Å². The molecule has 0 saturated heterocycles. The molecule has 194 valence electrons. The molecule has 0 radical (unpaired) electrons. The Balaban J connectivity index is 1.14. The van der Waals surface area contributed by atoms with E-state index in [0.717, 1.165) is 18.4 Å². The standard InChI is InChI=1S/C39H33N/c1-39(2,3)33-21-30-13-8-24-14-16-34(35-17-15-31(22-33)37(30)38(24)35)28-12-11-25-18-27(10-9-26(25)19-28)32-20-29-6-4-5-7-36(29)40-23-32/h4-10,13-23,35,38H,11-12H2,1-3H3. The van der Waals surface area contributed by atoms with Gasteiger partial charge in [0.25, 0.3) is 0 Å². The van der Waals surface area contributed by atoms with Gasteiger partial charge in [-0.1, -0.05) is 112 Å². The smallest absolute Gasteiger partial charge is 0.0702 e. The highest BCUT2D eigenvalue weighted by atomic mass is 14.6. The van der Waals surface area contributed by atoms with Crippen molar-refractivity contribution in [3.63, 3.8) is 0 Å². The average molecular weight is 516 g/mol. The predicted molar refractivity (Wildman–Crippen MR) is 169 cm³/mol. The second-order valence-electron chi connectivity index (χ2n) is 12.8.